The molecular weight excluding hydrogens is 499 g/mol. The number of hydrogen-bond acceptors (Lipinski definition) is 5. The van der Waals surface area contributed by atoms with Crippen LogP contribution >= 0.6 is 11.6 Å². The van der Waals surface area contributed by atoms with Crippen molar-refractivity contribution in [2.75, 3.05) is 12.4 Å². The number of methoxy groups -OCH3 is 1. The van der Waals surface area contributed by atoms with Crippen molar-refractivity contribution in [2.24, 2.45) is 5.10 Å². The Labute approximate surface area is 209 Å². The predicted molar refractivity (Wildman–Crippen MR) is 128 cm³/mol. The molecule has 0 saturated carbocycles. The van der Waals surface area contributed by atoms with Gasteiger partial charge in [-0.1, -0.05) is 23.7 Å². The van der Waals surface area contributed by atoms with E-state index < -0.39 is 23.6 Å². The number of carbonyl (C=O) groups excluding carboxylic acids is 2. The Kier molecular flexibility index (Phi) is 7.07. The summed E-state index contributed by atoms with van der Waals surface area (Å²) in [5.41, 5.74) is 3.25. The lowest BCUT2D eigenvalue weighted by Crippen LogP contribution is -2.22. The van der Waals surface area contributed by atoms with Gasteiger partial charge in [0.15, 0.2) is 5.76 Å². The van der Waals surface area contributed by atoms with Crippen LogP contribution in [0.15, 0.2) is 52.0 Å². The molecule has 0 aliphatic heterocycles. The molecule has 0 unspecified atom stereocenters. The average molecular weight is 520 g/mol. The van der Waals surface area contributed by atoms with E-state index in [0.29, 0.717) is 53.2 Å². The number of para-hydroxylation sites is 1. The van der Waals surface area contributed by atoms with Crippen molar-refractivity contribution >= 4 is 34.8 Å². The number of nitrogens with one attached hydrogen (secondary N) is 2. The Morgan fingerprint density at radius 2 is 1.86 bits per heavy atom. The second kappa shape index (κ2) is 10.1. The van der Waals surface area contributed by atoms with Crippen molar-refractivity contribution in [3.05, 3.63) is 81.3 Å². The van der Waals surface area contributed by atoms with E-state index in [-0.39, 0.29) is 16.5 Å². The number of ether oxygens (including phenoxy) is 1. The second-order valence-corrected chi connectivity index (χ2v) is 8.46. The summed E-state index contributed by atoms with van der Waals surface area (Å²) in [5.74, 6) is -0.388. The summed E-state index contributed by atoms with van der Waals surface area (Å²) in [4.78, 5) is 25.6. The molecule has 2 amide bonds. The number of hydrazone groups is 1. The summed E-state index contributed by atoms with van der Waals surface area (Å²) in [6.45, 7) is 1.65. The van der Waals surface area contributed by atoms with Gasteiger partial charge in [-0.05, 0) is 50.1 Å². The summed E-state index contributed by atoms with van der Waals surface area (Å²) in [5, 5.41) is 6.62. The van der Waals surface area contributed by atoms with Crippen LogP contribution in [-0.4, -0.2) is 24.6 Å². The Bertz CT molecular complexity index is 1370. The number of anilines is 1. The lowest BCUT2D eigenvalue weighted by atomic mass is 9.93. The lowest BCUT2D eigenvalue weighted by Gasteiger charge is -2.14. The number of benzene rings is 2. The van der Waals surface area contributed by atoms with Crippen LogP contribution < -0.4 is 15.5 Å². The van der Waals surface area contributed by atoms with Crippen molar-refractivity contribution in [1.82, 2.24) is 5.43 Å². The van der Waals surface area contributed by atoms with Gasteiger partial charge in [0.2, 0.25) is 0 Å². The molecule has 3 aromatic rings. The first-order valence-corrected chi connectivity index (χ1v) is 11.3. The minimum Gasteiger partial charge on any atom is -0.496 e. The van der Waals surface area contributed by atoms with Crippen LogP contribution in [0.25, 0.3) is 0 Å². The van der Waals surface area contributed by atoms with Crippen LogP contribution in [0.5, 0.6) is 5.75 Å². The largest absolute Gasteiger partial charge is 0.496 e. The molecule has 2 aromatic carbocycles. The highest BCUT2D eigenvalue weighted by Crippen LogP contribution is 2.35. The number of halogens is 4. The first-order valence-electron chi connectivity index (χ1n) is 10.9. The summed E-state index contributed by atoms with van der Waals surface area (Å²) < 4.78 is 50.2. The van der Waals surface area contributed by atoms with Gasteiger partial charge in [-0.15, -0.1) is 0 Å². The van der Waals surface area contributed by atoms with Gasteiger partial charge in [0.1, 0.15) is 11.5 Å². The third-order valence-electron chi connectivity index (χ3n) is 5.72. The van der Waals surface area contributed by atoms with Gasteiger partial charge in [0, 0.05) is 17.5 Å². The standard InChI is InChI=1S/C25H21ClF3N3O4/c1-13-21-17(31-32-23(33)15-6-3-4-8-19(15)35-2)7-5-9-20(21)36-22(13)24(34)30-18-12-14(25(27,28)29)10-11-16(18)26/h3-4,6,8,10-12H,5,7,9H2,1-2H3,(H,30,34)(H,32,33)/b31-17+. The molecule has 0 atom stereocenters. The average Bonchev–Trinajstić information content (AvgIpc) is 3.20. The van der Waals surface area contributed by atoms with E-state index in [2.05, 4.69) is 15.8 Å². The van der Waals surface area contributed by atoms with E-state index in [4.69, 9.17) is 20.8 Å². The lowest BCUT2D eigenvalue weighted by molar-refractivity contribution is -0.137. The van der Waals surface area contributed by atoms with Gasteiger partial charge in [0.05, 0.1) is 34.7 Å². The molecule has 7 nitrogen and oxygen atoms in total. The van der Waals surface area contributed by atoms with Gasteiger partial charge in [-0.2, -0.15) is 18.3 Å². The number of nitrogens with zero attached hydrogens (tertiary/aromatic N) is 1. The third-order valence-corrected chi connectivity index (χ3v) is 6.05. The van der Waals surface area contributed by atoms with Crippen LogP contribution in [0.1, 0.15) is 56.2 Å². The van der Waals surface area contributed by atoms with E-state index in [1.165, 1.54) is 7.11 Å². The fourth-order valence-electron chi connectivity index (χ4n) is 3.98. The number of alkyl halides is 3. The maximum Gasteiger partial charge on any atom is 0.416 e. The van der Waals surface area contributed by atoms with Crippen LogP contribution in [0.2, 0.25) is 5.02 Å². The number of amides is 2. The Hall–Kier alpha value is -3.79. The highest BCUT2D eigenvalue weighted by Gasteiger charge is 2.32. The van der Waals surface area contributed by atoms with E-state index in [1.54, 1.807) is 31.2 Å². The Balaban J connectivity index is 1.59. The molecule has 0 fully saturated rings. The summed E-state index contributed by atoms with van der Waals surface area (Å²) >= 11 is 6.00. The molecule has 1 aromatic heterocycles. The fourth-order valence-corrected chi connectivity index (χ4v) is 4.15. The molecule has 4 rings (SSSR count). The number of rotatable bonds is 5. The van der Waals surface area contributed by atoms with Gasteiger partial charge in [0.25, 0.3) is 11.8 Å². The van der Waals surface area contributed by atoms with E-state index in [9.17, 15) is 22.8 Å². The van der Waals surface area contributed by atoms with Crippen molar-refractivity contribution < 1.29 is 31.9 Å². The number of fused-ring (bicyclic) bond motifs is 1. The number of furan rings is 1. The SMILES string of the molecule is COc1ccccc1C(=O)N/N=C1\CCCc2oc(C(=O)Nc3cc(C(F)(F)F)ccc3Cl)c(C)c21. The van der Waals surface area contributed by atoms with Gasteiger partial charge >= 0.3 is 6.18 Å². The molecule has 2 N–H and O–H groups in total. The highest BCUT2D eigenvalue weighted by atomic mass is 35.5. The Morgan fingerprint density at radius 3 is 2.58 bits per heavy atom. The molecule has 11 heteroatoms. The van der Waals surface area contributed by atoms with Crippen LogP contribution in [0, 0.1) is 6.92 Å². The maximum atomic E-state index is 13.1. The zero-order valence-corrected chi connectivity index (χ0v) is 20.0. The molecule has 0 saturated heterocycles. The zero-order valence-electron chi connectivity index (χ0n) is 19.3. The van der Waals surface area contributed by atoms with Crippen molar-refractivity contribution in [3.63, 3.8) is 0 Å². The zero-order chi connectivity index (χ0) is 26.0. The van der Waals surface area contributed by atoms with Crippen LogP contribution in [0.3, 0.4) is 0 Å². The van der Waals surface area contributed by atoms with E-state index >= 15 is 0 Å². The molecule has 0 radical (unpaired) electrons. The van der Waals surface area contributed by atoms with Crippen molar-refractivity contribution in [3.8, 4) is 5.75 Å². The van der Waals surface area contributed by atoms with Crippen molar-refractivity contribution in [2.45, 2.75) is 32.4 Å². The summed E-state index contributed by atoms with van der Waals surface area (Å²) in [6.07, 6.45) is -2.86. The van der Waals surface area contributed by atoms with Gasteiger partial charge in [-0.3, -0.25) is 9.59 Å². The van der Waals surface area contributed by atoms with E-state index in [1.807, 2.05) is 0 Å². The normalized spacial score (nSPS) is 14.3. The third kappa shape index (κ3) is 5.08. The topological polar surface area (TPSA) is 92.9 Å². The Morgan fingerprint density at radius 1 is 1.11 bits per heavy atom. The molecule has 36 heavy (non-hydrogen) atoms. The molecular formula is C25H21ClF3N3O4. The van der Waals surface area contributed by atoms with Crippen LogP contribution in [-0.2, 0) is 12.6 Å². The van der Waals surface area contributed by atoms with Crippen molar-refractivity contribution in [1.29, 1.82) is 0 Å². The smallest absolute Gasteiger partial charge is 0.416 e. The minimum atomic E-state index is -4.59. The predicted octanol–water partition coefficient (Wildman–Crippen LogP) is 5.99. The quantitative estimate of drug-likeness (QED) is 0.405. The summed E-state index contributed by atoms with van der Waals surface area (Å²) in [6, 6.07) is 9.35. The number of hydrogen-bond donors (Lipinski definition) is 2. The fraction of sp³-hybridized carbons (Fsp3) is 0.240. The molecule has 0 spiro atoms. The molecule has 1 aliphatic carbocycles. The summed E-state index contributed by atoms with van der Waals surface area (Å²) in [7, 11) is 1.46. The molecule has 1 heterocycles. The molecule has 1 aliphatic rings. The van der Waals surface area contributed by atoms with Gasteiger partial charge in [-0.25, -0.2) is 5.43 Å². The monoisotopic (exact) mass is 519 g/mol. The maximum absolute atomic E-state index is 13.1. The number of aryl methyl sites for hydroxylation is 1. The first kappa shape index (κ1) is 25.3. The number of carbonyl (C=O) groups is 2. The highest BCUT2D eigenvalue weighted by molar-refractivity contribution is 6.34. The molecule has 0 bridgehead atoms. The minimum absolute atomic E-state index is 0.0494. The first-order chi connectivity index (χ1) is 17.1. The van der Waals surface area contributed by atoms with Gasteiger partial charge < -0.3 is 14.5 Å². The van der Waals surface area contributed by atoms with E-state index in [0.717, 1.165) is 18.2 Å². The van der Waals surface area contributed by atoms with Crippen LogP contribution in [0.4, 0.5) is 18.9 Å². The molecule has 188 valence electrons. The second-order valence-electron chi connectivity index (χ2n) is 8.05.